The molecule has 1 fully saturated rings. The Kier molecular flexibility index (Phi) is 8.43. The summed E-state index contributed by atoms with van der Waals surface area (Å²) in [6.07, 6.45) is 1.32. The summed E-state index contributed by atoms with van der Waals surface area (Å²) in [4.78, 5) is 31.7. The SMILES string of the molecule is CCNC(=NCCC(=O)NC(C)CC)N1CCN(C(C)=O)CC1. The fourth-order valence-electron chi connectivity index (χ4n) is 2.37. The van der Waals surface area contributed by atoms with Crippen LogP contribution in [0.4, 0.5) is 0 Å². The number of hydrogen-bond acceptors (Lipinski definition) is 3. The number of hydrogen-bond donors (Lipinski definition) is 2. The zero-order valence-electron chi connectivity index (χ0n) is 14.9. The number of carbonyl (C=O) groups is 2. The maximum absolute atomic E-state index is 11.8. The molecule has 2 amide bonds. The van der Waals surface area contributed by atoms with Gasteiger partial charge in [-0.2, -0.15) is 0 Å². The van der Waals surface area contributed by atoms with Gasteiger partial charge in [-0.15, -0.1) is 0 Å². The lowest BCUT2D eigenvalue weighted by molar-refractivity contribution is -0.130. The molecule has 1 aliphatic heterocycles. The highest BCUT2D eigenvalue weighted by Crippen LogP contribution is 2.03. The summed E-state index contributed by atoms with van der Waals surface area (Å²) in [5, 5.41) is 6.21. The van der Waals surface area contributed by atoms with E-state index in [0.29, 0.717) is 26.1 Å². The summed E-state index contributed by atoms with van der Waals surface area (Å²) in [6, 6.07) is 0.208. The van der Waals surface area contributed by atoms with Gasteiger partial charge >= 0.3 is 0 Å². The molecule has 2 N–H and O–H groups in total. The zero-order valence-corrected chi connectivity index (χ0v) is 14.9. The zero-order chi connectivity index (χ0) is 17.2. The van der Waals surface area contributed by atoms with E-state index in [2.05, 4.69) is 20.5 Å². The topological polar surface area (TPSA) is 77.0 Å². The van der Waals surface area contributed by atoms with Crippen LogP contribution < -0.4 is 10.6 Å². The highest BCUT2D eigenvalue weighted by atomic mass is 16.2. The van der Waals surface area contributed by atoms with Crippen molar-refractivity contribution in [1.29, 1.82) is 0 Å². The van der Waals surface area contributed by atoms with E-state index >= 15 is 0 Å². The molecule has 1 rings (SSSR count). The molecule has 0 spiro atoms. The van der Waals surface area contributed by atoms with Crippen molar-refractivity contribution in [2.45, 2.75) is 46.6 Å². The van der Waals surface area contributed by atoms with E-state index in [1.165, 1.54) is 0 Å². The number of guanidine groups is 1. The number of piperazine rings is 1. The van der Waals surface area contributed by atoms with Gasteiger partial charge in [-0.05, 0) is 20.3 Å². The Labute approximate surface area is 139 Å². The number of amides is 2. The van der Waals surface area contributed by atoms with Crippen LogP contribution in [0.15, 0.2) is 4.99 Å². The lowest BCUT2D eigenvalue weighted by atomic mass is 10.2. The molecule has 23 heavy (non-hydrogen) atoms. The third-order valence-corrected chi connectivity index (χ3v) is 3.98. The van der Waals surface area contributed by atoms with Crippen molar-refractivity contribution in [1.82, 2.24) is 20.4 Å². The molecule has 1 unspecified atom stereocenters. The van der Waals surface area contributed by atoms with Gasteiger partial charge in [0.2, 0.25) is 11.8 Å². The first-order valence-electron chi connectivity index (χ1n) is 8.56. The second-order valence-corrected chi connectivity index (χ2v) is 5.86. The van der Waals surface area contributed by atoms with Crippen LogP contribution >= 0.6 is 0 Å². The van der Waals surface area contributed by atoms with Crippen LogP contribution in [0.3, 0.4) is 0 Å². The smallest absolute Gasteiger partial charge is 0.222 e. The summed E-state index contributed by atoms with van der Waals surface area (Å²) in [6.45, 7) is 11.9. The van der Waals surface area contributed by atoms with Crippen molar-refractivity contribution in [3.8, 4) is 0 Å². The van der Waals surface area contributed by atoms with Crippen molar-refractivity contribution in [3.63, 3.8) is 0 Å². The van der Waals surface area contributed by atoms with Crippen LogP contribution in [0.5, 0.6) is 0 Å². The van der Waals surface area contributed by atoms with E-state index in [4.69, 9.17) is 0 Å². The molecule has 1 heterocycles. The summed E-state index contributed by atoms with van der Waals surface area (Å²) in [7, 11) is 0. The minimum Gasteiger partial charge on any atom is -0.357 e. The predicted molar refractivity (Wildman–Crippen MR) is 92.3 cm³/mol. The first-order valence-corrected chi connectivity index (χ1v) is 8.56. The molecule has 0 aromatic carbocycles. The number of nitrogens with one attached hydrogen (secondary N) is 2. The molecule has 1 saturated heterocycles. The normalized spacial score (nSPS) is 17.0. The Morgan fingerprint density at radius 3 is 2.26 bits per heavy atom. The van der Waals surface area contributed by atoms with E-state index in [1.54, 1.807) is 6.92 Å². The minimum absolute atomic E-state index is 0.0420. The average Bonchev–Trinajstić information content (AvgIpc) is 2.54. The monoisotopic (exact) mass is 325 g/mol. The maximum atomic E-state index is 11.8. The second kappa shape index (κ2) is 10.1. The van der Waals surface area contributed by atoms with Gasteiger partial charge in [0.05, 0.1) is 6.54 Å². The average molecular weight is 325 g/mol. The number of aliphatic imine (C=N–C) groups is 1. The molecule has 1 atom stereocenters. The Balaban J connectivity index is 2.48. The Morgan fingerprint density at radius 1 is 1.13 bits per heavy atom. The van der Waals surface area contributed by atoms with E-state index in [0.717, 1.165) is 32.0 Å². The minimum atomic E-state index is 0.0420. The molecule has 0 aromatic rings. The first-order chi connectivity index (χ1) is 11.0. The van der Waals surface area contributed by atoms with E-state index in [1.807, 2.05) is 25.7 Å². The van der Waals surface area contributed by atoms with Crippen LogP contribution in [-0.2, 0) is 9.59 Å². The molecule has 0 bridgehead atoms. The van der Waals surface area contributed by atoms with E-state index < -0.39 is 0 Å². The molecular weight excluding hydrogens is 294 g/mol. The fourth-order valence-corrected chi connectivity index (χ4v) is 2.37. The van der Waals surface area contributed by atoms with Gasteiger partial charge < -0.3 is 20.4 Å². The fraction of sp³-hybridized carbons (Fsp3) is 0.812. The van der Waals surface area contributed by atoms with Gasteiger partial charge in [-0.1, -0.05) is 6.92 Å². The standard InChI is InChI=1S/C16H31N5O2/c1-5-13(3)19-15(23)7-8-18-16(17-6-2)21-11-9-20(10-12-21)14(4)22/h13H,5-12H2,1-4H3,(H,17,18)(H,19,23). The second-order valence-electron chi connectivity index (χ2n) is 5.86. The van der Waals surface area contributed by atoms with E-state index in [-0.39, 0.29) is 17.9 Å². The van der Waals surface area contributed by atoms with E-state index in [9.17, 15) is 9.59 Å². The molecule has 0 aliphatic carbocycles. The molecule has 1 aliphatic rings. The molecule has 7 nitrogen and oxygen atoms in total. The van der Waals surface area contributed by atoms with Crippen LogP contribution in [0.2, 0.25) is 0 Å². The van der Waals surface area contributed by atoms with Crippen LogP contribution in [-0.4, -0.2) is 72.9 Å². The Morgan fingerprint density at radius 2 is 1.74 bits per heavy atom. The van der Waals surface area contributed by atoms with Crippen molar-refractivity contribution in [2.75, 3.05) is 39.3 Å². The lowest BCUT2D eigenvalue weighted by Gasteiger charge is -2.36. The lowest BCUT2D eigenvalue weighted by Crippen LogP contribution is -2.53. The molecule has 0 saturated carbocycles. The van der Waals surface area contributed by atoms with Crippen LogP contribution in [0.25, 0.3) is 0 Å². The van der Waals surface area contributed by atoms with Gasteiger partial charge in [-0.3, -0.25) is 14.6 Å². The Bertz CT molecular complexity index is 417. The number of carbonyl (C=O) groups excluding carboxylic acids is 2. The molecule has 132 valence electrons. The quantitative estimate of drug-likeness (QED) is 0.548. The maximum Gasteiger partial charge on any atom is 0.222 e. The molecule has 0 aromatic heterocycles. The summed E-state index contributed by atoms with van der Waals surface area (Å²) >= 11 is 0. The highest BCUT2D eigenvalue weighted by molar-refractivity contribution is 5.81. The third kappa shape index (κ3) is 6.88. The van der Waals surface area contributed by atoms with Crippen LogP contribution in [0, 0.1) is 0 Å². The highest BCUT2D eigenvalue weighted by Gasteiger charge is 2.20. The first kappa shape index (κ1) is 19.3. The molecule has 7 heteroatoms. The molecule has 0 radical (unpaired) electrons. The Hall–Kier alpha value is -1.79. The van der Waals surface area contributed by atoms with Gasteiger partial charge in [0.25, 0.3) is 0 Å². The van der Waals surface area contributed by atoms with Crippen molar-refractivity contribution in [3.05, 3.63) is 0 Å². The van der Waals surface area contributed by atoms with Gasteiger partial charge in [0.15, 0.2) is 5.96 Å². The number of nitrogens with zero attached hydrogens (tertiary/aromatic N) is 3. The van der Waals surface area contributed by atoms with Crippen molar-refractivity contribution in [2.24, 2.45) is 4.99 Å². The van der Waals surface area contributed by atoms with Crippen LogP contribution in [0.1, 0.15) is 40.5 Å². The summed E-state index contributed by atoms with van der Waals surface area (Å²) < 4.78 is 0. The van der Waals surface area contributed by atoms with Crippen molar-refractivity contribution < 1.29 is 9.59 Å². The van der Waals surface area contributed by atoms with Gasteiger partial charge in [0, 0.05) is 52.1 Å². The molecular formula is C16H31N5O2. The summed E-state index contributed by atoms with van der Waals surface area (Å²) in [5.74, 6) is 0.987. The number of rotatable bonds is 6. The van der Waals surface area contributed by atoms with Gasteiger partial charge in [-0.25, -0.2) is 0 Å². The third-order valence-electron chi connectivity index (χ3n) is 3.98. The predicted octanol–water partition coefficient (Wildman–Crippen LogP) is 0.421. The van der Waals surface area contributed by atoms with Gasteiger partial charge in [0.1, 0.15) is 0 Å². The summed E-state index contributed by atoms with van der Waals surface area (Å²) in [5.41, 5.74) is 0. The largest absolute Gasteiger partial charge is 0.357 e. The van der Waals surface area contributed by atoms with Crippen molar-refractivity contribution >= 4 is 17.8 Å².